The molecule has 67 heavy (non-hydrogen) atoms. The van der Waals surface area contributed by atoms with Crippen LogP contribution < -0.4 is 5.32 Å². The zero-order valence-corrected chi connectivity index (χ0v) is 38.7. The molecule has 0 bridgehead atoms. The maximum Gasteiger partial charge on any atom is 0.251 e. The molecular formula is C55H48BrClN4O6. The summed E-state index contributed by atoms with van der Waals surface area (Å²) in [5, 5.41) is 15.9. The molecule has 9 rings (SSSR count). The fourth-order valence-corrected chi connectivity index (χ4v) is 6.89. The van der Waals surface area contributed by atoms with E-state index in [0.29, 0.717) is 39.8 Å². The third-order valence-corrected chi connectivity index (χ3v) is 11.1. The van der Waals surface area contributed by atoms with Crippen LogP contribution >= 0.6 is 27.5 Å². The Hall–Kier alpha value is -7.47. The molecule has 1 amide bonds. The van der Waals surface area contributed by atoms with Crippen LogP contribution in [-0.2, 0) is 0 Å². The largest absolute Gasteiger partial charge is 0.356 e. The molecular weight excluding hydrogens is 928 g/mol. The van der Waals surface area contributed by atoms with E-state index in [4.69, 9.17) is 25.2 Å². The number of hydrogen-bond donors (Lipinski definition) is 1. The highest BCUT2D eigenvalue weighted by Gasteiger charge is 2.13. The van der Waals surface area contributed by atoms with E-state index in [1.165, 1.54) is 0 Å². The van der Waals surface area contributed by atoms with E-state index >= 15 is 0 Å². The van der Waals surface area contributed by atoms with Crippen LogP contribution in [0, 0.1) is 0 Å². The number of nitrogens with zero attached hydrogens (tertiary/aromatic N) is 3. The topological polar surface area (TPSA) is 141 Å². The molecule has 0 atom stereocenters. The SMILES string of the molecule is C.CC(=O)c1ccc(-c2cc(-c3ccc(Br)cc3)on2)cc1.CC(=O)c1ccc(-c2cc(-c3ccccc3)on2)cc1.CCCCNC(=O)c1ccc(-c2cc(-c3ccc(Cl)cc3)on2)cc1. The van der Waals surface area contributed by atoms with Gasteiger partial charge in [-0.05, 0) is 68.8 Å². The zero-order chi connectivity index (χ0) is 46.4. The van der Waals surface area contributed by atoms with Gasteiger partial charge >= 0.3 is 0 Å². The van der Waals surface area contributed by atoms with E-state index < -0.39 is 0 Å². The first-order chi connectivity index (χ1) is 32.0. The van der Waals surface area contributed by atoms with E-state index in [-0.39, 0.29) is 24.9 Å². The van der Waals surface area contributed by atoms with Gasteiger partial charge in [0.2, 0.25) is 0 Å². The smallest absolute Gasteiger partial charge is 0.251 e. The molecule has 9 aromatic rings. The summed E-state index contributed by atoms with van der Waals surface area (Å²) in [6, 6.07) is 52.8. The van der Waals surface area contributed by atoms with E-state index in [1.807, 2.05) is 133 Å². The zero-order valence-electron chi connectivity index (χ0n) is 36.3. The van der Waals surface area contributed by atoms with Gasteiger partial charge in [0, 0.05) is 84.3 Å². The van der Waals surface area contributed by atoms with Crippen LogP contribution in [0.3, 0.4) is 0 Å². The standard InChI is InChI=1S/C20H19ClN2O2.C17H12BrNO2.C17H13NO2.CH4/c1-2-3-12-22-20(24)16-6-4-14(5-7-16)18-13-19(25-23-18)15-8-10-17(21)11-9-15;1-11(20)12-2-4-13(5-3-12)16-10-17(21-19-16)14-6-8-15(18)9-7-14;1-12(19)13-7-9-14(10-8-13)16-11-17(20-18-16)15-5-3-2-4-6-15;/h4-11,13H,2-3,12H2,1H3,(H,22,24);2-10H,1H3;2-11H,1H3;1H4. The Labute approximate surface area is 403 Å². The fraction of sp³-hybridized carbons (Fsp3) is 0.127. The number of rotatable bonds is 12. The minimum Gasteiger partial charge on any atom is -0.356 e. The number of halogens is 2. The number of amides is 1. The minimum absolute atomic E-state index is 0. The molecule has 338 valence electrons. The number of Topliss-reactive ketones (excluding diaryl/α,β-unsaturated/α-hetero) is 2. The number of unbranched alkanes of at least 4 members (excludes halogenated alkanes) is 1. The highest BCUT2D eigenvalue weighted by atomic mass is 79.9. The number of carbonyl (C=O) groups is 3. The van der Waals surface area contributed by atoms with Gasteiger partial charge in [0.15, 0.2) is 28.8 Å². The van der Waals surface area contributed by atoms with Crippen molar-refractivity contribution >= 4 is 45.0 Å². The van der Waals surface area contributed by atoms with E-state index in [2.05, 4.69) is 43.6 Å². The summed E-state index contributed by atoms with van der Waals surface area (Å²) in [6.07, 6.45) is 2.04. The van der Waals surface area contributed by atoms with E-state index in [0.717, 1.165) is 73.5 Å². The lowest BCUT2D eigenvalue weighted by Crippen LogP contribution is -2.24. The van der Waals surface area contributed by atoms with Crippen LogP contribution in [-0.4, -0.2) is 39.5 Å². The molecule has 6 aromatic carbocycles. The van der Waals surface area contributed by atoms with Gasteiger partial charge in [0.1, 0.15) is 17.1 Å². The van der Waals surface area contributed by atoms with Crippen LogP contribution in [0.5, 0.6) is 0 Å². The van der Waals surface area contributed by atoms with Crippen molar-refractivity contribution in [3.05, 3.63) is 196 Å². The molecule has 0 saturated heterocycles. The van der Waals surface area contributed by atoms with E-state index in [9.17, 15) is 14.4 Å². The number of hydrogen-bond acceptors (Lipinski definition) is 9. The number of aromatic nitrogens is 3. The maximum absolute atomic E-state index is 12.0. The lowest BCUT2D eigenvalue weighted by Gasteiger charge is -2.04. The highest BCUT2D eigenvalue weighted by molar-refractivity contribution is 9.10. The van der Waals surface area contributed by atoms with Gasteiger partial charge in [-0.3, -0.25) is 14.4 Å². The van der Waals surface area contributed by atoms with Crippen LogP contribution in [0.15, 0.2) is 188 Å². The summed E-state index contributed by atoms with van der Waals surface area (Å²) >= 11 is 9.31. The van der Waals surface area contributed by atoms with Crippen LogP contribution in [0.2, 0.25) is 5.02 Å². The molecule has 0 saturated carbocycles. The first kappa shape index (κ1) is 49.0. The lowest BCUT2D eigenvalue weighted by atomic mass is 10.1. The second kappa shape index (κ2) is 23.6. The molecule has 0 aliphatic rings. The average Bonchev–Trinajstić information content (AvgIpc) is 4.16. The molecule has 10 nitrogen and oxygen atoms in total. The number of benzene rings is 6. The van der Waals surface area contributed by atoms with Gasteiger partial charge < -0.3 is 18.9 Å². The third-order valence-electron chi connectivity index (χ3n) is 10.3. The molecule has 3 aromatic heterocycles. The molecule has 0 fully saturated rings. The Morgan fingerprint density at radius 2 is 0.866 bits per heavy atom. The summed E-state index contributed by atoms with van der Waals surface area (Å²) in [7, 11) is 0. The monoisotopic (exact) mass is 974 g/mol. The molecule has 0 aliphatic heterocycles. The highest BCUT2D eigenvalue weighted by Crippen LogP contribution is 2.30. The molecule has 0 spiro atoms. The second-order valence-electron chi connectivity index (χ2n) is 15.1. The predicted octanol–water partition coefficient (Wildman–Crippen LogP) is 15.0. The van der Waals surface area contributed by atoms with Gasteiger partial charge in [0.25, 0.3) is 5.91 Å². The molecule has 0 aliphatic carbocycles. The van der Waals surface area contributed by atoms with Crippen molar-refractivity contribution in [2.45, 2.75) is 41.0 Å². The molecule has 1 N–H and O–H groups in total. The van der Waals surface area contributed by atoms with Crippen LogP contribution in [0.4, 0.5) is 0 Å². The van der Waals surface area contributed by atoms with Crippen molar-refractivity contribution in [3.63, 3.8) is 0 Å². The predicted molar refractivity (Wildman–Crippen MR) is 269 cm³/mol. The molecule has 12 heteroatoms. The van der Waals surface area contributed by atoms with Gasteiger partial charge in [-0.2, -0.15) is 0 Å². The number of ketones is 2. The maximum atomic E-state index is 12.0. The molecule has 0 unspecified atom stereocenters. The summed E-state index contributed by atoms with van der Waals surface area (Å²) in [5.41, 5.74) is 9.89. The second-order valence-corrected chi connectivity index (χ2v) is 16.4. The van der Waals surface area contributed by atoms with Gasteiger partial charge in [-0.15, -0.1) is 0 Å². The summed E-state index contributed by atoms with van der Waals surface area (Å²) in [6.45, 7) is 5.90. The quantitative estimate of drug-likeness (QED) is 0.0935. The Morgan fingerprint density at radius 1 is 0.507 bits per heavy atom. The van der Waals surface area contributed by atoms with E-state index in [1.54, 1.807) is 50.2 Å². The van der Waals surface area contributed by atoms with Crippen molar-refractivity contribution in [1.29, 1.82) is 0 Å². The number of carbonyl (C=O) groups excluding carboxylic acids is 3. The average molecular weight is 976 g/mol. The summed E-state index contributed by atoms with van der Waals surface area (Å²) in [5.74, 6) is 2.18. The van der Waals surface area contributed by atoms with Crippen molar-refractivity contribution in [2.75, 3.05) is 6.54 Å². The Bertz CT molecular complexity index is 3000. The van der Waals surface area contributed by atoms with Crippen molar-refractivity contribution in [2.24, 2.45) is 0 Å². The lowest BCUT2D eigenvalue weighted by molar-refractivity contribution is 0.0951. The summed E-state index contributed by atoms with van der Waals surface area (Å²) in [4.78, 5) is 34.5. The number of nitrogens with one attached hydrogen (secondary N) is 1. The van der Waals surface area contributed by atoms with Gasteiger partial charge in [-0.1, -0.05) is 167 Å². The Kier molecular flexibility index (Phi) is 17.3. The van der Waals surface area contributed by atoms with Crippen molar-refractivity contribution in [3.8, 4) is 67.7 Å². The Morgan fingerprint density at radius 3 is 1.25 bits per heavy atom. The minimum atomic E-state index is -0.0537. The van der Waals surface area contributed by atoms with Crippen molar-refractivity contribution < 1.29 is 28.0 Å². The van der Waals surface area contributed by atoms with Crippen LogP contribution in [0.1, 0.15) is 72.1 Å². The first-order valence-corrected chi connectivity index (χ1v) is 22.3. The van der Waals surface area contributed by atoms with Gasteiger partial charge in [0.05, 0.1) is 0 Å². The van der Waals surface area contributed by atoms with Gasteiger partial charge in [-0.25, -0.2) is 0 Å². The summed E-state index contributed by atoms with van der Waals surface area (Å²) < 4.78 is 17.2. The fourth-order valence-electron chi connectivity index (χ4n) is 6.50. The third kappa shape index (κ3) is 13.3. The van der Waals surface area contributed by atoms with Crippen molar-refractivity contribution in [1.82, 2.24) is 20.8 Å². The normalized spacial score (nSPS) is 10.4. The molecule has 3 heterocycles. The Balaban J connectivity index is 0.000000166. The first-order valence-electron chi connectivity index (χ1n) is 21.1. The molecule has 0 radical (unpaired) electrons. The van der Waals surface area contributed by atoms with Crippen LogP contribution in [0.25, 0.3) is 67.7 Å².